The minimum atomic E-state index is -3.31. The quantitative estimate of drug-likeness (QED) is 0.717. The fraction of sp³-hybridized carbons (Fsp3) is 0.0769. The molecule has 2 amide bonds. The minimum absolute atomic E-state index is 0.120. The van der Waals surface area contributed by atoms with Gasteiger partial charge in [0, 0.05) is 18.0 Å². The van der Waals surface area contributed by atoms with Gasteiger partial charge < -0.3 is 4.98 Å². The van der Waals surface area contributed by atoms with E-state index in [-0.39, 0.29) is 10.5 Å². The number of aromatic nitrogens is 1. The highest BCUT2D eigenvalue weighted by Crippen LogP contribution is 2.10. The average molecular weight is 307 g/mol. The molecule has 1 aromatic carbocycles. The Balaban J connectivity index is 1.99. The molecule has 0 saturated carbocycles. The van der Waals surface area contributed by atoms with E-state index in [1.165, 1.54) is 24.3 Å². The smallest absolute Gasteiger partial charge is 0.286 e. The van der Waals surface area contributed by atoms with E-state index in [2.05, 4.69) is 15.8 Å². The Bertz CT molecular complexity index is 749. The number of hydrogen-bond acceptors (Lipinski definition) is 4. The Morgan fingerprint density at radius 3 is 2.14 bits per heavy atom. The molecule has 1 aromatic heterocycles. The number of sulfone groups is 1. The topological polar surface area (TPSA) is 108 Å². The van der Waals surface area contributed by atoms with Crippen molar-refractivity contribution >= 4 is 21.7 Å². The van der Waals surface area contributed by atoms with Crippen LogP contribution in [-0.4, -0.2) is 31.5 Å². The molecule has 0 saturated heterocycles. The summed E-state index contributed by atoms with van der Waals surface area (Å²) in [7, 11) is -3.31. The number of hydrazine groups is 1. The summed E-state index contributed by atoms with van der Waals surface area (Å²) in [5.74, 6) is -1.03. The van der Waals surface area contributed by atoms with Crippen LogP contribution in [0, 0.1) is 0 Å². The highest BCUT2D eigenvalue weighted by Gasteiger charge is 2.11. The summed E-state index contributed by atoms with van der Waals surface area (Å²) in [5, 5.41) is 0. The summed E-state index contributed by atoms with van der Waals surface area (Å²) >= 11 is 0. The third-order valence-electron chi connectivity index (χ3n) is 2.68. The molecule has 2 aromatic rings. The number of rotatable bonds is 3. The zero-order valence-electron chi connectivity index (χ0n) is 11.1. The zero-order valence-corrected chi connectivity index (χ0v) is 11.9. The van der Waals surface area contributed by atoms with Gasteiger partial charge >= 0.3 is 0 Å². The third kappa shape index (κ3) is 3.69. The molecule has 7 nitrogen and oxygen atoms in total. The first-order valence-electron chi connectivity index (χ1n) is 5.92. The van der Waals surface area contributed by atoms with Crippen LogP contribution in [0.3, 0.4) is 0 Å². The Morgan fingerprint density at radius 2 is 1.62 bits per heavy atom. The lowest BCUT2D eigenvalue weighted by molar-refractivity contribution is 0.0844. The van der Waals surface area contributed by atoms with Crippen molar-refractivity contribution in [3.63, 3.8) is 0 Å². The summed E-state index contributed by atoms with van der Waals surface area (Å²) in [5.41, 5.74) is 5.02. The molecular formula is C13H13N3O4S. The van der Waals surface area contributed by atoms with Gasteiger partial charge in [-0.3, -0.25) is 20.4 Å². The summed E-state index contributed by atoms with van der Waals surface area (Å²) in [6.45, 7) is 0. The number of hydrogen-bond donors (Lipinski definition) is 3. The molecule has 0 unspecified atom stereocenters. The maximum atomic E-state index is 11.8. The van der Waals surface area contributed by atoms with Crippen molar-refractivity contribution in [2.24, 2.45) is 0 Å². The highest BCUT2D eigenvalue weighted by atomic mass is 32.2. The fourth-order valence-corrected chi connectivity index (χ4v) is 2.21. The van der Waals surface area contributed by atoms with E-state index in [4.69, 9.17) is 0 Å². The van der Waals surface area contributed by atoms with Crippen LogP contribution in [0.4, 0.5) is 0 Å². The van der Waals surface area contributed by atoms with Gasteiger partial charge in [-0.15, -0.1) is 0 Å². The van der Waals surface area contributed by atoms with Gasteiger partial charge in [0.25, 0.3) is 11.8 Å². The molecule has 110 valence electrons. The Labute approximate surface area is 121 Å². The van der Waals surface area contributed by atoms with Gasteiger partial charge in [0.2, 0.25) is 0 Å². The first-order chi connectivity index (χ1) is 9.88. The van der Waals surface area contributed by atoms with Crippen LogP contribution < -0.4 is 10.9 Å². The molecule has 2 rings (SSSR count). The van der Waals surface area contributed by atoms with Gasteiger partial charge in [-0.05, 0) is 36.4 Å². The first kappa shape index (κ1) is 14.8. The molecule has 3 N–H and O–H groups in total. The fourth-order valence-electron chi connectivity index (χ4n) is 1.58. The number of nitrogens with one attached hydrogen (secondary N) is 3. The standard InChI is InChI=1S/C13H13N3O4S/c1-21(19,20)10-6-4-9(5-7-10)12(17)15-16-13(18)11-3-2-8-14-11/h2-8,14H,1H3,(H,15,17)(H,16,18). The SMILES string of the molecule is CS(=O)(=O)c1ccc(C(=O)NNC(=O)c2ccc[nH]2)cc1. The molecule has 8 heteroatoms. The number of H-pyrrole nitrogens is 1. The van der Waals surface area contributed by atoms with Crippen LogP contribution >= 0.6 is 0 Å². The van der Waals surface area contributed by atoms with Crippen molar-refractivity contribution in [1.82, 2.24) is 15.8 Å². The van der Waals surface area contributed by atoms with Gasteiger partial charge in [0.15, 0.2) is 9.84 Å². The van der Waals surface area contributed by atoms with Gasteiger partial charge in [0.1, 0.15) is 5.69 Å². The maximum absolute atomic E-state index is 11.8. The monoisotopic (exact) mass is 307 g/mol. The number of amides is 2. The van der Waals surface area contributed by atoms with Crippen LogP contribution in [0.25, 0.3) is 0 Å². The second kappa shape index (κ2) is 5.80. The summed E-state index contributed by atoms with van der Waals surface area (Å²) < 4.78 is 22.6. The predicted octanol–water partition coefficient (Wildman–Crippen LogP) is 0.493. The Hall–Kier alpha value is -2.61. The maximum Gasteiger partial charge on any atom is 0.286 e. The van der Waals surface area contributed by atoms with Gasteiger partial charge in [-0.2, -0.15) is 0 Å². The number of benzene rings is 1. The molecule has 0 aliphatic heterocycles. The molecule has 0 fully saturated rings. The van der Waals surface area contributed by atoms with Crippen LogP contribution in [0.15, 0.2) is 47.5 Å². The van der Waals surface area contributed by atoms with Crippen molar-refractivity contribution < 1.29 is 18.0 Å². The summed E-state index contributed by atoms with van der Waals surface area (Å²) in [6, 6.07) is 8.61. The normalized spacial score (nSPS) is 10.9. The van der Waals surface area contributed by atoms with Gasteiger partial charge in [0.05, 0.1) is 4.90 Å². The minimum Gasteiger partial charge on any atom is -0.357 e. The van der Waals surface area contributed by atoms with Crippen LogP contribution in [0.2, 0.25) is 0 Å². The van der Waals surface area contributed by atoms with E-state index in [1.807, 2.05) is 0 Å². The molecule has 0 bridgehead atoms. The molecule has 1 heterocycles. The molecule has 0 radical (unpaired) electrons. The van der Waals surface area contributed by atoms with Crippen molar-refractivity contribution in [2.75, 3.05) is 6.26 Å². The number of aromatic amines is 1. The lowest BCUT2D eigenvalue weighted by Crippen LogP contribution is -2.41. The van der Waals surface area contributed by atoms with Crippen LogP contribution in [-0.2, 0) is 9.84 Å². The molecule has 0 aliphatic carbocycles. The molecule has 21 heavy (non-hydrogen) atoms. The second-order valence-corrected chi connectivity index (χ2v) is 6.30. The van der Waals surface area contributed by atoms with E-state index >= 15 is 0 Å². The van der Waals surface area contributed by atoms with Gasteiger partial charge in [-0.1, -0.05) is 0 Å². The van der Waals surface area contributed by atoms with E-state index in [1.54, 1.807) is 18.3 Å². The molecule has 0 aliphatic rings. The van der Waals surface area contributed by atoms with E-state index in [0.717, 1.165) is 6.26 Å². The summed E-state index contributed by atoms with van der Waals surface area (Å²) in [4.78, 5) is 26.2. The summed E-state index contributed by atoms with van der Waals surface area (Å²) in [6.07, 6.45) is 2.67. The van der Waals surface area contributed by atoms with Crippen LogP contribution in [0.5, 0.6) is 0 Å². The molecule has 0 spiro atoms. The Morgan fingerprint density at radius 1 is 1.00 bits per heavy atom. The lowest BCUT2D eigenvalue weighted by atomic mass is 10.2. The second-order valence-electron chi connectivity index (χ2n) is 4.29. The largest absolute Gasteiger partial charge is 0.357 e. The van der Waals surface area contributed by atoms with Crippen molar-refractivity contribution in [2.45, 2.75) is 4.90 Å². The molecular weight excluding hydrogens is 294 g/mol. The predicted molar refractivity (Wildman–Crippen MR) is 75.3 cm³/mol. The zero-order chi connectivity index (χ0) is 15.5. The number of carbonyl (C=O) groups excluding carboxylic acids is 2. The van der Waals surface area contributed by atoms with E-state index < -0.39 is 21.7 Å². The number of carbonyl (C=O) groups is 2. The lowest BCUT2D eigenvalue weighted by Gasteiger charge is -2.07. The Kier molecular flexibility index (Phi) is 4.08. The molecule has 0 atom stereocenters. The van der Waals surface area contributed by atoms with Crippen LogP contribution in [0.1, 0.15) is 20.8 Å². The van der Waals surface area contributed by atoms with Crippen molar-refractivity contribution in [3.8, 4) is 0 Å². The van der Waals surface area contributed by atoms with E-state index in [0.29, 0.717) is 5.69 Å². The highest BCUT2D eigenvalue weighted by molar-refractivity contribution is 7.90. The van der Waals surface area contributed by atoms with Gasteiger partial charge in [-0.25, -0.2) is 8.42 Å². The van der Waals surface area contributed by atoms with Crippen molar-refractivity contribution in [3.05, 3.63) is 53.9 Å². The van der Waals surface area contributed by atoms with Crippen molar-refractivity contribution in [1.29, 1.82) is 0 Å². The third-order valence-corrected chi connectivity index (χ3v) is 3.81. The first-order valence-corrected chi connectivity index (χ1v) is 7.81. The average Bonchev–Trinajstić information content (AvgIpc) is 2.98. The van der Waals surface area contributed by atoms with E-state index in [9.17, 15) is 18.0 Å².